The molecule has 170 valence electrons. The third kappa shape index (κ3) is 4.91. The molecule has 0 aliphatic rings. The Balaban J connectivity index is 1.85. The second kappa shape index (κ2) is 8.51. The number of aryl methyl sites for hydroxylation is 1. The van der Waals surface area contributed by atoms with Crippen molar-refractivity contribution in [1.82, 2.24) is 20.0 Å². The Morgan fingerprint density at radius 3 is 2.06 bits per heavy atom. The second-order valence-electron chi connectivity index (χ2n) is 6.38. The van der Waals surface area contributed by atoms with E-state index in [1.54, 1.807) is 6.92 Å². The van der Waals surface area contributed by atoms with E-state index in [0.29, 0.717) is 30.1 Å². The lowest BCUT2D eigenvalue weighted by Gasteiger charge is -2.14. The van der Waals surface area contributed by atoms with Crippen LogP contribution in [0.2, 0.25) is 10.0 Å². The standard InChI is InChI=1S/C18H11Cl2F6N5O/c1-8-2-3-31(15-12(20)5-10(7-28-15)18(24,25)26)13(8)16(32)30-29-14-11(19)4-9(6-27-14)17(21,22)23/h2-7H,1H3,(H,27,29)(H,30,32). The first kappa shape index (κ1) is 23.7. The van der Waals surface area contributed by atoms with Crippen molar-refractivity contribution in [1.29, 1.82) is 0 Å². The summed E-state index contributed by atoms with van der Waals surface area (Å²) >= 11 is 11.7. The smallest absolute Gasteiger partial charge is 0.295 e. The first-order valence-electron chi connectivity index (χ1n) is 8.49. The lowest BCUT2D eigenvalue weighted by molar-refractivity contribution is -0.138. The van der Waals surface area contributed by atoms with Gasteiger partial charge < -0.3 is 0 Å². The number of hydrogen-bond acceptors (Lipinski definition) is 4. The number of amides is 1. The molecule has 0 aliphatic heterocycles. The van der Waals surface area contributed by atoms with Crippen LogP contribution in [0.4, 0.5) is 32.2 Å². The molecular formula is C18H11Cl2F6N5O. The van der Waals surface area contributed by atoms with Crippen LogP contribution in [-0.4, -0.2) is 20.4 Å². The van der Waals surface area contributed by atoms with Crippen LogP contribution in [0.1, 0.15) is 27.2 Å². The highest BCUT2D eigenvalue weighted by atomic mass is 35.5. The molecule has 0 unspecified atom stereocenters. The van der Waals surface area contributed by atoms with Crippen LogP contribution in [0.15, 0.2) is 36.8 Å². The van der Waals surface area contributed by atoms with Gasteiger partial charge in [0.15, 0.2) is 11.6 Å². The molecule has 0 fully saturated rings. The van der Waals surface area contributed by atoms with Gasteiger partial charge in [-0.3, -0.25) is 20.2 Å². The van der Waals surface area contributed by atoms with E-state index >= 15 is 0 Å². The van der Waals surface area contributed by atoms with E-state index in [4.69, 9.17) is 23.2 Å². The lowest BCUT2D eigenvalue weighted by atomic mass is 10.2. The number of anilines is 1. The van der Waals surface area contributed by atoms with Crippen molar-refractivity contribution < 1.29 is 31.1 Å². The van der Waals surface area contributed by atoms with Crippen LogP contribution >= 0.6 is 23.2 Å². The Hall–Kier alpha value is -2.99. The third-order valence-electron chi connectivity index (χ3n) is 4.14. The summed E-state index contributed by atoms with van der Waals surface area (Å²) in [5, 5.41) is -0.760. The van der Waals surface area contributed by atoms with Gasteiger partial charge >= 0.3 is 12.4 Å². The Morgan fingerprint density at radius 2 is 1.53 bits per heavy atom. The molecule has 6 nitrogen and oxygen atoms in total. The van der Waals surface area contributed by atoms with Crippen LogP contribution in [-0.2, 0) is 12.4 Å². The first-order chi connectivity index (χ1) is 14.8. The monoisotopic (exact) mass is 497 g/mol. The molecule has 3 aromatic rings. The van der Waals surface area contributed by atoms with E-state index in [1.807, 2.05) is 0 Å². The van der Waals surface area contributed by atoms with Gasteiger partial charge in [-0.2, -0.15) is 26.3 Å². The topological polar surface area (TPSA) is 71.8 Å². The van der Waals surface area contributed by atoms with E-state index in [2.05, 4.69) is 20.8 Å². The molecule has 3 heterocycles. The number of alkyl halides is 6. The van der Waals surface area contributed by atoms with Gasteiger partial charge in [0.2, 0.25) is 0 Å². The number of halogens is 8. The lowest BCUT2D eigenvalue weighted by Crippen LogP contribution is -2.32. The zero-order valence-electron chi connectivity index (χ0n) is 15.7. The van der Waals surface area contributed by atoms with Crippen LogP contribution in [0.5, 0.6) is 0 Å². The Morgan fingerprint density at radius 1 is 0.969 bits per heavy atom. The number of hydrazine groups is 1. The van der Waals surface area contributed by atoms with Crippen molar-refractivity contribution in [3.8, 4) is 5.82 Å². The molecule has 32 heavy (non-hydrogen) atoms. The molecular weight excluding hydrogens is 487 g/mol. The summed E-state index contributed by atoms with van der Waals surface area (Å²) in [6, 6.07) is 2.79. The average Bonchev–Trinajstić information content (AvgIpc) is 3.06. The van der Waals surface area contributed by atoms with Gasteiger partial charge in [0.1, 0.15) is 5.69 Å². The summed E-state index contributed by atoms with van der Waals surface area (Å²) in [7, 11) is 0. The highest BCUT2D eigenvalue weighted by Gasteiger charge is 2.33. The van der Waals surface area contributed by atoms with Crippen molar-refractivity contribution >= 4 is 34.9 Å². The summed E-state index contributed by atoms with van der Waals surface area (Å²) in [6.45, 7) is 1.55. The SMILES string of the molecule is Cc1ccn(-c2ncc(C(F)(F)F)cc2Cl)c1C(=O)NNc1ncc(C(F)(F)F)cc1Cl. The van der Waals surface area contributed by atoms with Crippen LogP contribution in [0.3, 0.4) is 0 Å². The van der Waals surface area contributed by atoms with Crippen LogP contribution in [0.25, 0.3) is 5.82 Å². The molecule has 14 heteroatoms. The largest absolute Gasteiger partial charge is 0.417 e. The van der Waals surface area contributed by atoms with Crippen molar-refractivity contribution in [3.63, 3.8) is 0 Å². The summed E-state index contributed by atoms with van der Waals surface area (Å²) in [6.07, 6.45) is -6.83. The molecule has 0 saturated heterocycles. The van der Waals surface area contributed by atoms with Crippen LogP contribution < -0.4 is 10.9 Å². The molecule has 0 aromatic carbocycles. The number of nitrogens with one attached hydrogen (secondary N) is 2. The molecule has 2 N–H and O–H groups in total. The number of pyridine rings is 2. The molecule has 0 bridgehead atoms. The van der Waals surface area contributed by atoms with Gasteiger partial charge in [-0.15, -0.1) is 0 Å². The minimum Gasteiger partial charge on any atom is -0.295 e. The molecule has 0 saturated carbocycles. The summed E-state index contributed by atoms with van der Waals surface area (Å²) in [5.41, 5.74) is 2.74. The fourth-order valence-corrected chi connectivity index (χ4v) is 3.09. The van der Waals surface area contributed by atoms with E-state index < -0.39 is 34.4 Å². The minimum atomic E-state index is -4.65. The van der Waals surface area contributed by atoms with E-state index in [9.17, 15) is 31.1 Å². The quantitative estimate of drug-likeness (QED) is 0.359. The summed E-state index contributed by atoms with van der Waals surface area (Å²) < 4.78 is 77.8. The fourth-order valence-electron chi connectivity index (χ4n) is 2.62. The third-order valence-corrected chi connectivity index (χ3v) is 4.71. The van der Waals surface area contributed by atoms with Gasteiger partial charge in [-0.25, -0.2) is 9.97 Å². The summed E-state index contributed by atoms with van der Waals surface area (Å²) in [4.78, 5) is 19.9. The Labute approximate surface area is 186 Å². The molecule has 3 rings (SSSR count). The highest BCUT2D eigenvalue weighted by Crippen LogP contribution is 2.33. The molecule has 0 aliphatic carbocycles. The highest BCUT2D eigenvalue weighted by molar-refractivity contribution is 6.33. The molecule has 3 aromatic heterocycles. The Kier molecular flexibility index (Phi) is 6.29. The number of carbonyl (C=O) groups excluding carboxylic acids is 1. The van der Waals surface area contributed by atoms with Crippen molar-refractivity contribution in [2.75, 3.05) is 5.43 Å². The predicted molar refractivity (Wildman–Crippen MR) is 104 cm³/mol. The number of rotatable bonds is 4. The number of hydrogen-bond donors (Lipinski definition) is 2. The minimum absolute atomic E-state index is 0.0466. The zero-order valence-corrected chi connectivity index (χ0v) is 17.2. The van der Waals surface area contributed by atoms with Crippen molar-refractivity contribution in [3.05, 3.63) is 69.2 Å². The molecule has 0 spiro atoms. The first-order valence-corrected chi connectivity index (χ1v) is 9.24. The Bertz CT molecular complexity index is 1180. The van der Waals surface area contributed by atoms with Gasteiger partial charge in [-0.05, 0) is 30.7 Å². The van der Waals surface area contributed by atoms with Gasteiger partial charge in [-0.1, -0.05) is 23.2 Å². The van der Waals surface area contributed by atoms with E-state index in [0.717, 1.165) is 4.57 Å². The van der Waals surface area contributed by atoms with Gasteiger partial charge in [0.05, 0.1) is 21.2 Å². The molecule has 1 amide bonds. The molecule has 0 atom stereocenters. The van der Waals surface area contributed by atoms with Crippen LogP contribution in [0, 0.1) is 6.92 Å². The number of carbonyl (C=O) groups is 1. The van der Waals surface area contributed by atoms with Gasteiger partial charge in [0, 0.05) is 18.6 Å². The maximum atomic E-state index is 12.8. The number of nitrogens with zero attached hydrogens (tertiary/aromatic N) is 3. The van der Waals surface area contributed by atoms with Crippen molar-refractivity contribution in [2.24, 2.45) is 0 Å². The summed E-state index contributed by atoms with van der Waals surface area (Å²) in [5.74, 6) is -1.19. The number of aromatic nitrogens is 3. The molecule has 0 radical (unpaired) electrons. The predicted octanol–water partition coefficient (Wildman–Crippen LogP) is 5.68. The average molecular weight is 498 g/mol. The van der Waals surface area contributed by atoms with Gasteiger partial charge in [0.25, 0.3) is 5.91 Å². The maximum absolute atomic E-state index is 12.8. The maximum Gasteiger partial charge on any atom is 0.417 e. The van der Waals surface area contributed by atoms with Crippen molar-refractivity contribution in [2.45, 2.75) is 19.3 Å². The normalized spacial score (nSPS) is 12.0. The van der Waals surface area contributed by atoms with E-state index in [-0.39, 0.29) is 22.4 Å². The zero-order chi connectivity index (χ0) is 23.8. The second-order valence-corrected chi connectivity index (χ2v) is 7.19. The fraction of sp³-hybridized carbons (Fsp3) is 0.167. The van der Waals surface area contributed by atoms with E-state index in [1.165, 1.54) is 12.3 Å².